The van der Waals surface area contributed by atoms with Gasteiger partial charge < -0.3 is 15.1 Å². The van der Waals surface area contributed by atoms with Gasteiger partial charge in [-0.3, -0.25) is 0 Å². The van der Waals surface area contributed by atoms with E-state index < -0.39 is 6.16 Å². The van der Waals surface area contributed by atoms with Gasteiger partial charge in [0.25, 0.3) is 0 Å². The van der Waals surface area contributed by atoms with Crippen LogP contribution in [0.15, 0.2) is 11.7 Å². The highest BCUT2D eigenvalue weighted by molar-refractivity contribution is 8.00. The Morgan fingerprint density at radius 1 is 1.67 bits per heavy atom. The highest BCUT2D eigenvalue weighted by Crippen LogP contribution is 2.00. The van der Waals surface area contributed by atoms with Crippen molar-refractivity contribution in [2.45, 2.75) is 0 Å². The Labute approximate surface area is 55.4 Å². The molecule has 0 aromatic rings. The van der Waals surface area contributed by atoms with Crippen LogP contribution in [0.3, 0.4) is 0 Å². The standard InChI is InChI=1S/C2H3NOS.CH2O3/c1-2-5-3-4-1;2-1(3)4/h1-3H;(H2,2,3,4). The maximum atomic E-state index is 8.56. The van der Waals surface area contributed by atoms with Gasteiger partial charge in [-0.25, -0.2) is 4.79 Å². The summed E-state index contributed by atoms with van der Waals surface area (Å²) in [6.07, 6.45) is -0.245. The Morgan fingerprint density at radius 3 is 2.33 bits per heavy atom. The number of nitrogens with one attached hydrogen (secondary N) is 1. The number of hydrogen-bond acceptors (Lipinski definition) is 4. The van der Waals surface area contributed by atoms with Crippen molar-refractivity contribution in [2.75, 3.05) is 0 Å². The molecule has 1 aliphatic heterocycles. The van der Waals surface area contributed by atoms with Crippen LogP contribution in [0.25, 0.3) is 0 Å². The summed E-state index contributed by atoms with van der Waals surface area (Å²) in [5, 5.41) is 15.8. The zero-order chi connectivity index (χ0) is 7.11. The molecule has 0 fully saturated rings. The smallest absolute Gasteiger partial charge is 0.450 e. The molecule has 1 heterocycles. The first-order valence-corrected chi connectivity index (χ1v) is 2.74. The highest BCUT2D eigenvalue weighted by Gasteiger charge is 1.82. The molecule has 52 valence electrons. The topological polar surface area (TPSA) is 78.8 Å². The van der Waals surface area contributed by atoms with Crippen molar-refractivity contribution in [2.24, 2.45) is 0 Å². The average Bonchev–Trinajstić information content (AvgIpc) is 2.11. The fraction of sp³-hybridized carbons (Fsp3) is 0. The number of rotatable bonds is 0. The average molecular weight is 151 g/mol. The molecule has 1 rings (SSSR count). The lowest BCUT2D eigenvalue weighted by atomic mass is 11.2. The summed E-state index contributed by atoms with van der Waals surface area (Å²) < 4.78 is 0. The quantitative estimate of drug-likeness (QED) is 0.446. The second-order valence-corrected chi connectivity index (χ2v) is 1.55. The van der Waals surface area contributed by atoms with Crippen LogP contribution in [-0.4, -0.2) is 16.4 Å². The minimum Gasteiger partial charge on any atom is -0.450 e. The van der Waals surface area contributed by atoms with Crippen LogP contribution in [-0.2, 0) is 4.84 Å². The van der Waals surface area contributed by atoms with Gasteiger partial charge in [0.2, 0.25) is 0 Å². The van der Waals surface area contributed by atoms with E-state index in [1.807, 2.05) is 5.41 Å². The van der Waals surface area contributed by atoms with E-state index >= 15 is 0 Å². The van der Waals surface area contributed by atoms with Crippen LogP contribution in [0.5, 0.6) is 0 Å². The lowest BCUT2D eigenvalue weighted by Crippen LogP contribution is -1.88. The molecule has 9 heavy (non-hydrogen) atoms. The summed E-state index contributed by atoms with van der Waals surface area (Å²) in [5.41, 5.74) is 0. The Bertz CT molecular complexity index is 104. The second-order valence-electron chi connectivity index (χ2n) is 0.874. The van der Waals surface area contributed by atoms with E-state index in [1.54, 1.807) is 6.26 Å². The van der Waals surface area contributed by atoms with Gasteiger partial charge in [0.1, 0.15) is 6.26 Å². The third-order valence-electron chi connectivity index (χ3n) is 0.288. The van der Waals surface area contributed by atoms with Crippen molar-refractivity contribution in [3.05, 3.63) is 11.7 Å². The van der Waals surface area contributed by atoms with Gasteiger partial charge in [-0.05, 0) is 11.9 Å². The Hall–Kier alpha value is -0.880. The summed E-state index contributed by atoms with van der Waals surface area (Å²) in [6.45, 7) is 0. The van der Waals surface area contributed by atoms with Gasteiger partial charge in [-0.15, -0.1) is 0 Å². The number of carboxylic acid groups (broad SMARTS) is 2. The molecule has 0 aliphatic carbocycles. The van der Waals surface area contributed by atoms with Gasteiger partial charge in [-0.1, -0.05) is 4.89 Å². The molecule has 0 saturated heterocycles. The maximum Gasteiger partial charge on any atom is 0.503 e. The van der Waals surface area contributed by atoms with Crippen LogP contribution < -0.4 is 4.89 Å². The van der Waals surface area contributed by atoms with E-state index in [4.69, 9.17) is 15.0 Å². The van der Waals surface area contributed by atoms with E-state index in [-0.39, 0.29) is 0 Å². The molecule has 0 spiro atoms. The van der Waals surface area contributed by atoms with Crippen LogP contribution in [0.2, 0.25) is 0 Å². The van der Waals surface area contributed by atoms with Crippen molar-refractivity contribution >= 4 is 18.1 Å². The third kappa shape index (κ3) is 11.0. The predicted molar refractivity (Wildman–Crippen MR) is 31.6 cm³/mol. The molecule has 0 unspecified atom stereocenters. The lowest BCUT2D eigenvalue weighted by Gasteiger charge is -1.81. The summed E-state index contributed by atoms with van der Waals surface area (Å²) in [7, 11) is 0. The van der Waals surface area contributed by atoms with Crippen LogP contribution in [0.4, 0.5) is 4.79 Å². The Kier molecular flexibility index (Phi) is 4.75. The van der Waals surface area contributed by atoms with E-state index in [0.29, 0.717) is 0 Å². The summed E-state index contributed by atoms with van der Waals surface area (Å²) in [6, 6.07) is 0. The molecule has 1 aliphatic rings. The monoisotopic (exact) mass is 151 g/mol. The Balaban J connectivity index is 0.000000148. The molecular weight excluding hydrogens is 146 g/mol. The van der Waals surface area contributed by atoms with Gasteiger partial charge in [0, 0.05) is 5.41 Å². The maximum absolute atomic E-state index is 8.56. The largest absolute Gasteiger partial charge is 0.503 e. The van der Waals surface area contributed by atoms with Crippen LogP contribution >= 0.6 is 11.9 Å². The van der Waals surface area contributed by atoms with Crippen molar-refractivity contribution in [3.63, 3.8) is 0 Å². The molecule has 0 amide bonds. The van der Waals surface area contributed by atoms with Gasteiger partial charge >= 0.3 is 6.16 Å². The van der Waals surface area contributed by atoms with Gasteiger partial charge in [-0.2, -0.15) is 0 Å². The van der Waals surface area contributed by atoms with E-state index in [2.05, 4.69) is 9.72 Å². The lowest BCUT2D eigenvalue weighted by molar-refractivity contribution is 0.137. The number of carbonyl (C=O) groups is 1. The molecular formula is C3H5NO4S. The van der Waals surface area contributed by atoms with Gasteiger partial charge in [0.05, 0.1) is 0 Å². The van der Waals surface area contributed by atoms with E-state index in [1.165, 1.54) is 11.9 Å². The Morgan fingerprint density at radius 2 is 2.22 bits per heavy atom. The first kappa shape index (κ1) is 8.12. The SMILES string of the molecule is C1=CSNO1.O=C(O)O. The molecule has 0 aromatic heterocycles. The third-order valence-corrected chi connectivity index (χ3v) is 0.728. The van der Waals surface area contributed by atoms with E-state index in [0.717, 1.165) is 0 Å². The fourth-order valence-corrected chi connectivity index (χ4v) is 0.417. The normalized spacial score (nSPS) is 13.3. The van der Waals surface area contributed by atoms with Crippen molar-refractivity contribution in [1.82, 2.24) is 4.89 Å². The molecule has 6 heteroatoms. The number of hydrogen-bond donors (Lipinski definition) is 3. The zero-order valence-electron chi connectivity index (χ0n) is 4.27. The first-order chi connectivity index (χ1) is 4.23. The van der Waals surface area contributed by atoms with Crippen LogP contribution in [0.1, 0.15) is 0 Å². The van der Waals surface area contributed by atoms with Crippen molar-refractivity contribution < 1.29 is 19.8 Å². The predicted octanol–water partition coefficient (Wildman–Crippen LogP) is 0.863. The fourth-order valence-electron chi connectivity index (χ4n) is 0.139. The minimum absolute atomic E-state index is 1.42. The molecule has 0 aromatic carbocycles. The highest BCUT2D eigenvalue weighted by atomic mass is 32.2. The molecule has 0 bridgehead atoms. The molecule has 5 nitrogen and oxygen atoms in total. The van der Waals surface area contributed by atoms with E-state index in [9.17, 15) is 0 Å². The summed E-state index contributed by atoms with van der Waals surface area (Å²) >= 11 is 1.42. The first-order valence-electron chi connectivity index (χ1n) is 1.86. The molecule has 0 radical (unpaired) electrons. The zero-order valence-corrected chi connectivity index (χ0v) is 5.09. The molecule has 0 saturated carbocycles. The van der Waals surface area contributed by atoms with Crippen LogP contribution in [0, 0.1) is 0 Å². The molecule has 3 N–H and O–H groups in total. The molecule has 0 atom stereocenters. The minimum atomic E-state index is -1.83. The van der Waals surface area contributed by atoms with Gasteiger partial charge in [0.15, 0.2) is 0 Å². The van der Waals surface area contributed by atoms with Crippen molar-refractivity contribution in [3.8, 4) is 0 Å². The van der Waals surface area contributed by atoms with Crippen molar-refractivity contribution in [1.29, 1.82) is 0 Å². The summed E-state index contributed by atoms with van der Waals surface area (Å²) in [4.78, 5) is 15.6. The summed E-state index contributed by atoms with van der Waals surface area (Å²) in [5.74, 6) is 0. The second kappa shape index (κ2) is 5.26.